The fraction of sp³-hybridized carbons (Fsp3) is 0.500. The van der Waals surface area contributed by atoms with Gasteiger partial charge < -0.3 is 19.3 Å². The van der Waals surface area contributed by atoms with Crippen molar-refractivity contribution in [2.75, 3.05) is 31.1 Å². The molecule has 1 aromatic heterocycles. The van der Waals surface area contributed by atoms with Crippen molar-refractivity contribution < 1.29 is 19.1 Å². The molecule has 1 aromatic carbocycles. The van der Waals surface area contributed by atoms with Gasteiger partial charge in [-0.2, -0.15) is 0 Å². The van der Waals surface area contributed by atoms with Crippen molar-refractivity contribution in [3.8, 4) is 0 Å². The molecule has 0 unspecified atom stereocenters. The van der Waals surface area contributed by atoms with E-state index in [1.54, 1.807) is 11.0 Å². The Bertz CT molecular complexity index is 1010. The van der Waals surface area contributed by atoms with Crippen LogP contribution in [0.15, 0.2) is 30.6 Å². The zero-order chi connectivity index (χ0) is 23.5. The number of fused-ring (bicyclic) bond motifs is 1. The Balaban J connectivity index is 1.76. The number of hydrogen-bond acceptors (Lipinski definition) is 7. The molecule has 2 heterocycles. The predicted octanol–water partition coefficient (Wildman–Crippen LogP) is 4.04. The maximum Gasteiger partial charge on any atom is 0.410 e. The van der Waals surface area contributed by atoms with E-state index < -0.39 is 17.2 Å². The quantitative estimate of drug-likeness (QED) is 0.526. The smallest absolute Gasteiger partial charge is 0.410 e. The number of carbonyl (C=O) groups excluding carboxylic acids is 2. The third-order valence-corrected chi connectivity index (χ3v) is 4.71. The van der Waals surface area contributed by atoms with Crippen molar-refractivity contribution in [2.24, 2.45) is 0 Å². The highest BCUT2D eigenvalue weighted by atomic mass is 16.6. The number of rotatable bonds is 3. The van der Waals surface area contributed by atoms with E-state index in [1.165, 1.54) is 12.4 Å². The number of carbonyl (C=O) groups is 2. The number of nitrogens with zero attached hydrogens (tertiary/aromatic N) is 4. The Morgan fingerprint density at radius 3 is 2.22 bits per heavy atom. The number of anilines is 1. The molecule has 0 aliphatic carbocycles. The molecule has 0 bridgehead atoms. The molecule has 0 atom stereocenters. The van der Waals surface area contributed by atoms with Gasteiger partial charge in [-0.05, 0) is 53.7 Å². The summed E-state index contributed by atoms with van der Waals surface area (Å²) >= 11 is 0. The lowest BCUT2D eigenvalue weighted by Gasteiger charge is -2.36. The molecule has 1 aliphatic rings. The van der Waals surface area contributed by atoms with E-state index in [1.807, 2.05) is 59.7 Å². The van der Waals surface area contributed by atoms with Crippen LogP contribution in [0, 0.1) is 0 Å². The number of aromatic nitrogens is 2. The average molecular weight is 441 g/mol. The Kier molecular flexibility index (Phi) is 6.71. The highest BCUT2D eigenvalue weighted by molar-refractivity contribution is 5.97. The van der Waals surface area contributed by atoms with Crippen LogP contribution in [0.5, 0.6) is 0 Å². The summed E-state index contributed by atoms with van der Waals surface area (Å²) in [6.45, 7) is 13.5. The minimum absolute atomic E-state index is 0.292. The molecule has 32 heavy (non-hydrogen) atoms. The maximum absolute atomic E-state index is 12.3. The van der Waals surface area contributed by atoms with Crippen LogP contribution >= 0.6 is 0 Å². The van der Waals surface area contributed by atoms with Gasteiger partial charge in [-0.1, -0.05) is 12.1 Å². The minimum atomic E-state index is -0.545. The van der Waals surface area contributed by atoms with Crippen molar-refractivity contribution in [2.45, 2.75) is 52.7 Å². The number of benzene rings is 1. The van der Waals surface area contributed by atoms with Crippen LogP contribution < -0.4 is 4.90 Å². The summed E-state index contributed by atoms with van der Waals surface area (Å²) in [7, 11) is 0. The normalized spacial score (nSPS) is 15.3. The van der Waals surface area contributed by atoms with Gasteiger partial charge in [0, 0.05) is 43.2 Å². The van der Waals surface area contributed by atoms with Gasteiger partial charge in [0.25, 0.3) is 0 Å². The number of para-hydroxylation sites is 1. The Hall–Kier alpha value is -3.16. The molecule has 3 rings (SSSR count). The summed E-state index contributed by atoms with van der Waals surface area (Å²) in [4.78, 5) is 37.2. The second kappa shape index (κ2) is 9.14. The van der Waals surface area contributed by atoms with Crippen LogP contribution in [-0.4, -0.2) is 64.3 Å². The number of esters is 1. The average Bonchev–Trinajstić information content (AvgIpc) is 2.69. The van der Waals surface area contributed by atoms with Gasteiger partial charge in [0.05, 0.1) is 5.52 Å². The number of piperazine rings is 1. The summed E-state index contributed by atoms with van der Waals surface area (Å²) in [5.41, 5.74) is 0.508. The molecule has 1 aliphatic heterocycles. The largest absolute Gasteiger partial charge is 0.457 e. The van der Waals surface area contributed by atoms with E-state index >= 15 is 0 Å². The zero-order valence-electron chi connectivity index (χ0n) is 19.7. The van der Waals surface area contributed by atoms with Crippen LogP contribution in [-0.2, 0) is 14.3 Å². The minimum Gasteiger partial charge on any atom is -0.457 e. The van der Waals surface area contributed by atoms with Crippen molar-refractivity contribution >= 4 is 34.9 Å². The maximum atomic E-state index is 12.3. The van der Waals surface area contributed by atoms with E-state index in [9.17, 15) is 9.59 Å². The summed E-state index contributed by atoms with van der Waals surface area (Å²) in [6.07, 6.45) is 4.37. The Morgan fingerprint density at radius 1 is 0.938 bits per heavy atom. The highest BCUT2D eigenvalue weighted by Gasteiger charge is 2.27. The van der Waals surface area contributed by atoms with Crippen LogP contribution in [0.3, 0.4) is 0 Å². The van der Waals surface area contributed by atoms with E-state index in [2.05, 4.69) is 14.9 Å². The molecule has 0 N–H and O–H groups in total. The van der Waals surface area contributed by atoms with Crippen LogP contribution in [0.1, 0.15) is 47.1 Å². The molecule has 1 amide bonds. The van der Waals surface area contributed by atoms with Gasteiger partial charge in [-0.15, -0.1) is 0 Å². The Labute approximate surface area is 189 Å². The molecule has 1 fully saturated rings. The van der Waals surface area contributed by atoms with Crippen molar-refractivity contribution in [1.82, 2.24) is 14.9 Å². The second-order valence-corrected chi connectivity index (χ2v) is 9.76. The fourth-order valence-corrected chi connectivity index (χ4v) is 3.40. The van der Waals surface area contributed by atoms with Crippen molar-refractivity contribution in [3.63, 3.8) is 0 Å². The number of ether oxygens (including phenoxy) is 2. The standard InChI is InChI=1S/C24H32N4O4/c1-23(2,3)31-19(29)11-10-17-8-7-9-18-20(17)25-16-26-21(18)27-12-14-28(15-13-27)22(30)32-24(4,5)6/h7-11,16H,12-15H2,1-6H3/b11-10+. The van der Waals surface area contributed by atoms with E-state index in [0.717, 1.165) is 22.3 Å². The third-order valence-electron chi connectivity index (χ3n) is 4.71. The van der Waals surface area contributed by atoms with Gasteiger partial charge in [-0.25, -0.2) is 19.6 Å². The molecule has 1 saturated heterocycles. The van der Waals surface area contributed by atoms with Gasteiger partial charge in [0.2, 0.25) is 0 Å². The fourth-order valence-electron chi connectivity index (χ4n) is 3.40. The van der Waals surface area contributed by atoms with Crippen LogP contribution in [0.25, 0.3) is 17.0 Å². The number of hydrogen-bond donors (Lipinski definition) is 0. The summed E-state index contributed by atoms with van der Waals surface area (Å²) in [5, 5.41) is 0.893. The lowest BCUT2D eigenvalue weighted by atomic mass is 10.1. The van der Waals surface area contributed by atoms with E-state index in [-0.39, 0.29) is 6.09 Å². The van der Waals surface area contributed by atoms with Crippen LogP contribution in [0.2, 0.25) is 0 Å². The monoisotopic (exact) mass is 440 g/mol. The zero-order valence-corrected chi connectivity index (χ0v) is 19.7. The molecule has 0 saturated carbocycles. The topological polar surface area (TPSA) is 84.9 Å². The first kappa shape index (κ1) is 23.5. The highest BCUT2D eigenvalue weighted by Crippen LogP contribution is 2.27. The molecule has 172 valence electrons. The second-order valence-electron chi connectivity index (χ2n) is 9.76. The molecule has 8 nitrogen and oxygen atoms in total. The number of amides is 1. The lowest BCUT2D eigenvalue weighted by Crippen LogP contribution is -2.50. The van der Waals surface area contributed by atoms with E-state index in [0.29, 0.717) is 26.2 Å². The lowest BCUT2D eigenvalue weighted by molar-refractivity contribution is -0.148. The molecule has 8 heteroatoms. The van der Waals surface area contributed by atoms with Gasteiger partial charge >= 0.3 is 12.1 Å². The first-order valence-corrected chi connectivity index (χ1v) is 10.8. The van der Waals surface area contributed by atoms with Crippen molar-refractivity contribution in [1.29, 1.82) is 0 Å². The molecular weight excluding hydrogens is 408 g/mol. The van der Waals surface area contributed by atoms with E-state index in [4.69, 9.17) is 9.47 Å². The van der Waals surface area contributed by atoms with Crippen molar-refractivity contribution in [3.05, 3.63) is 36.2 Å². The molecule has 0 spiro atoms. The summed E-state index contributed by atoms with van der Waals surface area (Å²) in [6, 6.07) is 5.79. The Morgan fingerprint density at radius 2 is 1.59 bits per heavy atom. The third kappa shape index (κ3) is 6.18. The molecular formula is C24H32N4O4. The SMILES string of the molecule is CC(C)(C)OC(=O)/C=C/c1cccc2c(N3CCN(C(=O)OC(C)(C)C)CC3)ncnc12. The molecule has 0 radical (unpaired) electrons. The van der Waals surface area contributed by atoms with Gasteiger partial charge in [0.1, 0.15) is 23.3 Å². The summed E-state index contributed by atoms with van der Waals surface area (Å²) in [5.74, 6) is 0.411. The van der Waals surface area contributed by atoms with Crippen LogP contribution in [0.4, 0.5) is 10.6 Å². The first-order chi connectivity index (χ1) is 14.9. The van der Waals surface area contributed by atoms with Gasteiger partial charge in [-0.3, -0.25) is 0 Å². The summed E-state index contributed by atoms with van der Waals surface area (Å²) < 4.78 is 10.8. The van der Waals surface area contributed by atoms with Gasteiger partial charge in [0.15, 0.2) is 0 Å². The molecule has 2 aromatic rings. The first-order valence-electron chi connectivity index (χ1n) is 10.8. The predicted molar refractivity (Wildman–Crippen MR) is 124 cm³/mol.